The summed E-state index contributed by atoms with van der Waals surface area (Å²) in [5, 5.41) is 1.32. The van der Waals surface area contributed by atoms with Gasteiger partial charge in [0.2, 0.25) is 0 Å². The molecule has 0 unspecified atom stereocenters. The van der Waals surface area contributed by atoms with Crippen molar-refractivity contribution in [1.29, 1.82) is 0 Å². The maximum atomic E-state index is 4.87. The van der Waals surface area contributed by atoms with Gasteiger partial charge in [0.25, 0.3) is 0 Å². The molecular weight excluding hydrogens is 316 g/mol. The fraction of sp³-hybridized carbons (Fsp3) is 0.286. The van der Waals surface area contributed by atoms with E-state index < -0.39 is 0 Å². The zero-order chi connectivity index (χ0) is 15.8. The Balaban J connectivity index is 0.00000169. The van der Waals surface area contributed by atoms with E-state index in [0.29, 0.717) is 0 Å². The summed E-state index contributed by atoms with van der Waals surface area (Å²) in [5.41, 5.74) is 7.90. The number of hydrogen-bond acceptors (Lipinski definition) is 2. The standard InChI is InChI=1S/C21H22N2.ClH/c1-15-7-6-10-19-20(15)22-16(2)18-12-14-23(21(18)19)13-11-17-8-4-3-5-9-17;/h3-10H,11-14H2,1-2H3;1H. The number of aromatic nitrogens is 1. The number of rotatable bonds is 3. The summed E-state index contributed by atoms with van der Waals surface area (Å²) >= 11 is 0. The van der Waals surface area contributed by atoms with Gasteiger partial charge in [0.05, 0.1) is 11.2 Å². The van der Waals surface area contributed by atoms with Crippen LogP contribution < -0.4 is 4.90 Å². The lowest BCUT2D eigenvalue weighted by Crippen LogP contribution is -2.23. The van der Waals surface area contributed by atoms with Crippen LogP contribution in [0.1, 0.15) is 22.4 Å². The highest BCUT2D eigenvalue weighted by molar-refractivity contribution is 5.96. The van der Waals surface area contributed by atoms with Crippen molar-refractivity contribution in [2.45, 2.75) is 26.7 Å². The van der Waals surface area contributed by atoms with Gasteiger partial charge in [-0.2, -0.15) is 0 Å². The van der Waals surface area contributed by atoms with Gasteiger partial charge >= 0.3 is 0 Å². The largest absolute Gasteiger partial charge is 0.370 e. The summed E-state index contributed by atoms with van der Waals surface area (Å²) in [6.07, 6.45) is 2.21. The second-order valence-electron chi connectivity index (χ2n) is 6.47. The van der Waals surface area contributed by atoms with Crippen molar-refractivity contribution in [1.82, 2.24) is 4.98 Å². The Bertz CT molecular complexity index is 859. The number of pyridine rings is 1. The first-order valence-corrected chi connectivity index (χ1v) is 8.42. The molecule has 3 heteroatoms. The van der Waals surface area contributed by atoms with Gasteiger partial charge < -0.3 is 4.90 Å². The smallest absolute Gasteiger partial charge is 0.0755 e. The molecule has 4 rings (SSSR count). The van der Waals surface area contributed by atoms with Gasteiger partial charge in [-0.05, 0) is 43.4 Å². The molecule has 2 aromatic carbocycles. The number of halogens is 1. The average molecular weight is 339 g/mol. The van der Waals surface area contributed by atoms with Crippen LogP contribution >= 0.6 is 12.4 Å². The predicted octanol–water partition coefficient (Wildman–Crippen LogP) is 4.88. The van der Waals surface area contributed by atoms with E-state index in [0.717, 1.165) is 31.4 Å². The lowest BCUT2D eigenvalue weighted by atomic mass is 10.0. The number of anilines is 1. The highest BCUT2D eigenvalue weighted by Crippen LogP contribution is 2.37. The van der Waals surface area contributed by atoms with Crippen LogP contribution in [0.5, 0.6) is 0 Å². The number of benzene rings is 2. The molecule has 0 bridgehead atoms. The highest BCUT2D eigenvalue weighted by Gasteiger charge is 2.24. The van der Waals surface area contributed by atoms with E-state index in [-0.39, 0.29) is 12.4 Å². The van der Waals surface area contributed by atoms with E-state index in [1.54, 1.807) is 0 Å². The van der Waals surface area contributed by atoms with Crippen molar-refractivity contribution < 1.29 is 0 Å². The van der Waals surface area contributed by atoms with Gasteiger partial charge in [-0.3, -0.25) is 4.98 Å². The zero-order valence-electron chi connectivity index (χ0n) is 14.2. The van der Waals surface area contributed by atoms with Crippen LogP contribution in [0.25, 0.3) is 10.9 Å². The van der Waals surface area contributed by atoms with Crippen LogP contribution in [0.3, 0.4) is 0 Å². The number of hydrogen-bond donors (Lipinski definition) is 0. The van der Waals surface area contributed by atoms with E-state index in [4.69, 9.17) is 4.98 Å². The van der Waals surface area contributed by atoms with Crippen LogP contribution in [0.4, 0.5) is 5.69 Å². The average Bonchev–Trinajstić information content (AvgIpc) is 3.00. The molecule has 0 fully saturated rings. The normalized spacial score (nSPS) is 13.0. The Morgan fingerprint density at radius 2 is 1.79 bits per heavy atom. The molecule has 1 aliphatic rings. The van der Waals surface area contributed by atoms with Crippen molar-refractivity contribution in [3.05, 3.63) is 70.9 Å². The van der Waals surface area contributed by atoms with Crippen LogP contribution in [-0.2, 0) is 12.8 Å². The Morgan fingerprint density at radius 3 is 2.58 bits per heavy atom. The molecule has 124 valence electrons. The monoisotopic (exact) mass is 338 g/mol. The summed E-state index contributed by atoms with van der Waals surface area (Å²) < 4.78 is 0. The number of para-hydroxylation sites is 1. The third kappa shape index (κ3) is 2.87. The fourth-order valence-corrected chi connectivity index (χ4v) is 3.72. The van der Waals surface area contributed by atoms with Crippen LogP contribution in [-0.4, -0.2) is 18.1 Å². The van der Waals surface area contributed by atoms with Gasteiger partial charge in [0, 0.05) is 24.2 Å². The second-order valence-corrected chi connectivity index (χ2v) is 6.47. The van der Waals surface area contributed by atoms with Gasteiger partial charge in [0.15, 0.2) is 0 Å². The maximum absolute atomic E-state index is 4.87. The third-order valence-corrected chi connectivity index (χ3v) is 4.96. The Labute approximate surface area is 149 Å². The molecule has 1 aliphatic heterocycles. The Morgan fingerprint density at radius 1 is 1.00 bits per heavy atom. The number of nitrogens with zero attached hydrogens (tertiary/aromatic N) is 2. The lowest BCUT2D eigenvalue weighted by Gasteiger charge is -2.22. The van der Waals surface area contributed by atoms with Gasteiger partial charge in [-0.15, -0.1) is 12.4 Å². The molecule has 0 saturated heterocycles. The summed E-state index contributed by atoms with van der Waals surface area (Å²) in [7, 11) is 0. The molecule has 24 heavy (non-hydrogen) atoms. The summed E-state index contributed by atoms with van der Waals surface area (Å²) in [6, 6.07) is 17.3. The van der Waals surface area contributed by atoms with Crippen LogP contribution in [0.15, 0.2) is 48.5 Å². The minimum Gasteiger partial charge on any atom is -0.370 e. The summed E-state index contributed by atoms with van der Waals surface area (Å²) in [4.78, 5) is 7.43. The SMILES string of the molecule is Cc1nc2c(C)cccc2c2c1CCN2CCc1ccccc1.Cl. The van der Waals surface area contributed by atoms with Crippen molar-refractivity contribution in [2.75, 3.05) is 18.0 Å². The zero-order valence-corrected chi connectivity index (χ0v) is 15.1. The number of fused-ring (bicyclic) bond motifs is 3. The Kier molecular flexibility index (Phi) is 4.77. The minimum atomic E-state index is 0. The molecule has 2 heterocycles. The summed E-state index contributed by atoms with van der Waals surface area (Å²) in [5.74, 6) is 0. The molecule has 0 saturated carbocycles. The Hall–Kier alpha value is -2.06. The van der Waals surface area contributed by atoms with E-state index >= 15 is 0 Å². The van der Waals surface area contributed by atoms with Crippen molar-refractivity contribution in [2.24, 2.45) is 0 Å². The first-order chi connectivity index (χ1) is 11.2. The van der Waals surface area contributed by atoms with E-state index in [1.165, 1.54) is 33.5 Å². The van der Waals surface area contributed by atoms with E-state index in [2.05, 4.69) is 67.3 Å². The predicted molar refractivity (Wildman–Crippen MR) is 105 cm³/mol. The molecule has 3 aromatic rings. The lowest BCUT2D eigenvalue weighted by molar-refractivity contribution is 0.814. The van der Waals surface area contributed by atoms with Gasteiger partial charge in [-0.25, -0.2) is 0 Å². The minimum absolute atomic E-state index is 0. The molecule has 0 spiro atoms. The van der Waals surface area contributed by atoms with Crippen molar-refractivity contribution >= 4 is 29.0 Å². The highest BCUT2D eigenvalue weighted by atomic mass is 35.5. The van der Waals surface area contributed by atoms with Crippen molar-refractivity contribution in [3.8, 4) is 0 Å². The van der Waals surface area contributed by atoms with Crippen LogP contribution in [0.2, 0.25) is 0 Å². The first kappa shape index (κ1) is 16.8. The first-order valence-electron chi connectivity index (χ1n) is 8.42. The third-order valence-electron chi connectivity index (χ3n) is 4.96. The number of aryl methyl sites for hydroxylation is 2. The second kappa shape index (κ2) is 6.82. The quantitative estimate of drug-likeness (QED) is 0.676. The molecule has 1 aromatic heterocycles. The van der Waals surface area contributed by atoms with Crippen molar-refractivity contribution in [3.63, 3.8) is 0 Å². The molecule has 2 nitrogen and oxygen atoms in total. The molecule has 0 amide bonds. The van der Waals surface area contributed by atoms with E-state index in [1.807, 2.05) is 0 Å². The maximum Gasteiger partial charge on any atom is 0.0755 e. The van der Waals surface area contributed by atoms with Gasteiger partial charge in [0.1, 0.15) is 0 Å². The van der Waals surface area contributed by atoms with Gasteiger partial charge in [-0.1, -0.05) is 48.5 Å². The fourth-order valence-electron chi connectivity index (χ4n) is 3.72. The molecule has 0 atom stereocenters. The van der Waals surface area contributed by atoms with E-state index in [9.17, 15) is 0 Å². The topological polar surface area (TPSA) is 16.1 Å². The molecule has 0 radical (unpaired) electrons. The van der Waals surface area contributed by atoms with Crippen LogP contribution in [0, 0.1) is 13.8 Å². The molecular formula is C21H23ClN2. The summed E-state index contributed by atoms with van der Waals surface area (Å²) in [6.45, 7) is 6.50. The molecule has 0 aliphatic carbocycles. The molecule has 0 N–H and O–H groups in total.